The van der Waals surface area contributed by atoms with Crippen LogP contribution < -0.4 is 0 Å². The molecule has 0 radical (unpaired) electrons. The maximum atomic E-state index is 4.31. The van der Waals surface area contributed by atoms with Crippen LogP contribution in [0.2, 0.25) is 0 Å². The van der Waals surface area contributed by atoms with E-state index >= 15 is 0 Å². The van der Waals surface area contributed by atoms with Crippen molar-refractivity contribution < 1.29 is 0 Å². The molecule has 0 aliphatic carbocycles. The zero-order valence-electron chi connectivity index (χ0n) is 8.67. The van der Waals surface area contributed by atoms with E-state index in [1.54, 1.807) is 0 Å². The Morgan fingerprint density at radius 3 is 2.77 bits per heavy atom. The first-order chi connectivity index (χ1) is 6.36. The van der Waals surface area contributed by atoms with E-state index in [0.717, 1.165) is 18.5 Å². The van der Waals surface area contributed by atoms with Gasteiger partial charge in [-0.15, -0.1) is 0 Å². The van der Waals surface area contributed by atoms with Crippen molar-refractivity contribution in [1.29, 1.82) is 0 Å². The Kier molecular flexibility index (Phi) is 3.69. The molecule has 0 unspecified atom stereocenters. The van der Waals surface area contributed by atoms with Crippen molar-refractivity contribution in [3.05, 3.63) is 29.3 Å². The highest BCUT2D eigenvalue weighted by molar-refractivity contribution is 5.68. The van der Waals surface area contributed by atoms with Crippen LogP contribution in [-0.4, -0.2) is 6.21 Å². The number of aryl methyl sites for hydroxylation is 2. The van der Waals surface area contributed by atoms with Crippen LogP contribution in [0.5, 0.6) is 0 Å². The third kappa shape index (κ3) is 2.41. The van der Waals surface area contributed by atoms with Gasteiger partial charge in [0.1, 0.15) is 0 Å². The van der Waals surface area contributed by atoms with Crippen molar-refractivity contribution in [1.82, 2.24) is 0 Å². The maximum Gasteiger partial charge on any atom is 0.0657 e. The first-order valence-corrected chi connectivity index (χ1v) is 4.98. The van der Waals surface area contributed by atoms with E-state index in [2.05, 4.69) is 30.1 Å². The second kappa shape index (κ2) is 4.80. The number of nitrogens with zero attached hydrogens (tertiary/aromatic N) is 1. The van der Waals surface area contributed by atoms with Crippen molar-refractivity contribution in [2.75, 3.05) is 0 Å². The van der Waals surface area contributed by atoms with Gasteiger partial charge in [-0.2, -0.15) is 0 Å². The fourth-order valence-corrected chi connectivity index (χ4v) is 1.42. The lowest BCUT2D eigenvalue weighted by Gasteiger charge is -2.09. The lowest BCUT2D eigenvalue weighted by molar-refractivity contribution is 1.02. The Morgan fingerprint density at radius 2 is 2.00 bits per heavy atom. The van der Waals surface area contributed by atoms with Gasteiger partial charge in [0.15, 0.2) is 0 Å². The first-order valence-electron chi connectivity index (χ1n) is 4.98. The molecule has 0 fully saturated rings. The number of hydrogen-bond donors (Lipinski definition) is 0. The minimum atomic E-state index is 1.09. The Bertz CT molecular complexity index is 300. The molecule has 0 aromatic heterocycles. The average Bonchev–Trinajstić information content (AvgIpc) is 2.21. The summed E-state index contributed by atoms with van der Waals surface area (Å²) in [5.74, 6) is 0. The summed E-state index contributed by atoms with van der Waals surface area (Å²) in [6, 6.07) is 6.44. The normalized spacial score (nSPS) is 12.8. The zero-order chi connectivity index (χ0) is 9.68. The molecule has 2 rings (SSSR count). The number of hydrogen-bond acceptors (Lipinski definition) is 1. The number of benzene rings is 1. The van der Waals surface area contributed by atoms with E-state index in [1.807, 2.05) is 20.1 Å². The molecule has 0 amide bonds. The molecule has 1 heterocycles. The van der Waals surface area contributed by atoms with E-state index < -0.39 is 0 Å². The van der Waals surface area contributed by atoms with Crippen LogP contribution in [0, 0.1) is 6.92 Å². The molecule has 1 aromatic carbocycles. The minimum Gasteiger partial charge on any atom is -0.261 e. The van der Waals surface area contributed by atoms with Crippen LogP contribution in [0.1, 0.15) is 31.4 Å². The Balaban J connectivity index is 0.000000396. The minimum absolute atomic E-state index is 1.09. The summed E-state index contributed by atoms with van der Waals surface area (Å²) in [5.41, 5.74) is 3.88. The fourth-order valence-electron chi connectivity index (χ4n) is 1.42. The van der Waals surface area contributed by atoms with Crippen molar-refractivity contribution in [2.24, 2.45) is 4.99 Å². The van der Waals surface area contributed by atoms with E-state index in [9.17, 15) is 0 Å². The quantitative estimate of drug-likeness (QED) is 0.570. The monoisotopic (exact) mass is 175 g/mol. The molecule has 0 atom stereocenters. The molecule has 0 spiro atoms. The molecule has 13 heavy (non-hydrogen) atoms. The van der Waals surface area contributed by atoms with E-state index in [0.29, 0.717) is 0 Å². The molecule has 0 saturated carbocycles. The molecule has 1 aliphatic heterocycles. The summed E-state index contributed by atoms with van der Waals surface area (Å²) in [4.78, 5) is 4.31. The summed E-state index contributed by atoms with van der Waals surface area (Å²) in [5, 5.41) is 0. The van der Waals surface area contributed by atoms with E-state index in [4.69, 9.17) is 0 Å². The summed E-state index contributed by atoms with van der Waals surface area (Å²) in [6.07, 6.45) is 4.24. The maximum absolute atomic E-state index is 4.31. The highest BCUT2D eigenvalue weighted by atomic mass is 14.7. The van der Waals surface area contributed by atoms with Crippen molar-refractivity contribution in [3.8, 4) is 0 Å². The van der Waals surface area contributed by atoms with E-state index in [1.165, 1.54) is 11.1 Å². The van der Waals surface area contributed by atoms with Crippen LogP contribution in [-0.2, 0) is 6.42 Å². The van der Waals surface area contributed by atoms with Gasteiger partial charge in [0, 0.05) is 6.21 Å². The van der Waals surface area contributed by atoms with Crippen molar-refractivity contribution >= 4 is 11.9 Å². The van der Waals surface area contributed by atoms with Gasteiger partial charge in [0.2, 0.25) is 0 Å². The number of fused-ring (bicyclic) bond motifs is 1. The SMILES string of the molecule is CC.Cc1ccc2c(c1)CCC=N2. The van der Waals surface area contributed by atoms with Gasteiger partial charge in [0.25, 0.3) is 0 Å². The Labute approximate surface area is 80.5 Å². The smallest absolute Gasteiger partial charge is 0.0657 e. The molecule has 0 saturated heterocycles. The van der Waals surface area contributed by atoms with Gasteiger partial charge in [-0.3, -0.25) is 4.99 Å². The van der Waals surface area contributed by atoms with Gasteiger partial charge >= 0.3 is 0 Å². The summed E-state index contributed by atoms with van der Waals surface area (Å²) in [7, 11) is 0. The number of aliphatic imine (C=N–C) groups is 1. The third-order valence-electron chi connectivity index (χ3n) is 2.01. The highest BCUT2D eigenvalue weighted by Gasteiger charge is 2.03. The predicted octanol–water partition coefficient (Wildman–Crippen LogP) is 3.67. The zero-order valence-corrected chi connectivity index (χ0v) is 8.67. The molecule has 1 heteroatoms. The van der Waals surface area contributed by atoms with Crippen molar-refractivity contribution in [3.63, 3.8) is 0 Å². The standard InChI is InChI=1S/C10H11N.C2H6/c1-8-4-5-10-9(7-8)3-2-6-11-10;1-2/h4-7H,2-3H2,1H3;1-2H3. The summed E-state index contributed by atoms with van der Waals surface area (Å²) < 4.78 is 0. The average molecular weight is 175 g/mol. The molecule has 0 bridgehead atoms. The van der Waals surface area contributed by atoms with Crippen LogP contribution >= 0.6 is 0 Å². The van der Waals surface area contributed by atoms with Gasteiger partial charge in [0.05, 0.1) is 5.69 Å². The first kappa shape index (κ1) is 9.97. The molecule has 1 aliphatic rings. The second-order valence-corrected chi connectivity index (χ2v) is 2.98. The molecule has 1 nitrogen and oxygen atoms in total. The van der Waals surface area contributed by atoms with Gasteiger partial charge in [-0.25, -0.2) is 0 Å². The van der Waals surface area contributed by atoms with E-state index in [-0.39, 0.29) is 0 Å². The summed E-state index contributed by atoms with van der Waals surface area (Å²) in [6.45, 7) is 6.12. The third-order valence-corrected chi connectivity index (χ3v) is 2.01. The largest absolute Gasteiger partial charge is 0.261 e. The topological polar surface area (TPSA) is 12.4 Å². The van der Waals surface area contributed by atoms with Crippen LogP contribution in [0.15, 0.2) is 23.2 Å². The molecular formula is C12H17N. The van der Waals surface area contributed by atoms with Crippen LogP contribution in [0.3, 0.4) is 0 Å². The van der Waals surface area contributed by atoms with Gasteiger partial charge in [-0.1, -0.05) is 31.5 Å². The lowest BCUT2D eigenvalue weighted by Crippen LogP contribution is -1.93. The summed E-state index contributed by atoms with van der Waals surface area (Å²) >= 11 is 0. The van der Waals surface area contributed by atoms with Gasteiger partial charge < -0.3 is 0 Å². The van der Waals surface area contributed by atoms with Crippen LogP contribution in [0.25, 0.3) is 0 Å². The van der Waals surface area contributed by atoms with Gasteiger partial charge in [-0.05, 0) is 31.4 Å². The number of rotatable bonds is 0. The molecular weight excluding hydrogens is 158 g/mol. The highest BCUT2D eigenvalue weighted by Crippen LogP contribution is 2.24. The molecule has 1 aromatic rings. The Morgan fingerprint density at radius 1 is 1.23 bits per heavy atom. The second-order valence-electron chi connectivity index (χ2n) is 2.98. The fraction of sp³-hybridized carbons (Fsp3) is 0.417. The lowest BCUT2D eigenvalue weighted by atomic mass is 10.0. The van der Waals surface area contributed by atoms with Crippen LogP contribution in [0.4, 0.5) is 5.69 Å². The molecule has 0 N–H and O–H groups in total. The van der Waals surface area contributed by atoms with Crippen molar-refractivity contribution in [2.45, 2.75) is 33.6 Å². The predicted molar refractivity (Wildman–Crippen MR) is 59.0 cm³/mol. The Hall–Kier alpha value is -1.11. The molecule has 70 valence electrons.